The predicted octanol–water partition coefficient (Wildman–Crippen LogP) is -0.664. The molecule has 6 nitrogen and oxygen atoms in total. The predicted molar refractivity (Wildman–Crippen MR) is 57.2 cm³/mol. The molecule has 0 unspecified atom stereocenters. The van der Waals surface area contributed by atoms with Gasteiger partial charge in [0.2, 0.25) is 10.0 Å². The van der Waals surface area contributed by atoms with Gasteiger partial charge in [-0.3, -0.25) is 4.79 Å². The molecule has 1 aliphatic heterocycles. The Morgan fingerprint density at radius 2 is 2.06 bits per heavy atom. The summed E-state index contributed by atoms with van der Waals surface area (Å²) in [5.41, 5.74) is -0.919. The molecule has 1 fully saturated rings. The van der Waals surface area contributed by atoms with E-state index in [4.69, 9.17) is 0 Å². The topological polar surface area (TPSA) is 83.9 Å². The molecule has 0 aliphatic carbocycles. The highest BCUT2D eigenvalue weighted by Gasteiger charge is 2.46. The third kappa shape index (κ3) is 2.93. The number of carbonyl (C=O) groups is 1. The van der Waals surface area contributed by atoms with Crippen LogP contribution in [0, 0.1) is 0 Å². The summed E-state index contributed by atoms with van der Waals surface area (Å²) < 4.78 is 28.6. The van der Waals surface area contributed by atoms with Crippen molar-refractivity contribution in [1.29, 1.82) is 0 Å². The van der Waals surface area contributed by atoms with Gasteiger partial charge in [-0.2, -0.15) is 4.31 Å². The molecule has 0 aromatic heterocycles. The van der Waals surface area contributed by atoms with Gasteiger partial charge in [-0.15, -0.1) is 0 Å². The number of methoxy groups -OCH3 is 1. The molecular weight excluding hydrogens is 234 g/mol. The summed E-state index contributed by atoms with van der Waals surface area (Å²) in [7, 11) is -2.49. The Balaban J connectivity index is 2.53. The SMILES string of the molecule is CCCC1(O)CN(S(=O)(=O)CC(=O)OC)C1. The van der Waals surface area contributed by atoms with E-state index in [1.165, 1.54) is 0 Å². The standard InChI is InChI=1S/C9H17NO5S/c1-3-4-9(12)6-10(7-9)16(13,14)5-8(11)15-2/h12H,3-7H2,1-2H3. The normalized spacial score (nSPS) is 20.2. The maximum Gasteiger partial charge on any atom is 0.322 e. The second-order valence-corrected chi connectivity index (χ2v) is 6.04. The third-order valence-electron chi connectivity index (χ3n) is 2.58. The van der Waals surface area contributed by atoms with Crippen LogP contribution in [0.15, 0.2) is 0 Å². The average molecular weight is 251 g/mol. The van der Waals surface area contributed by atoms with Gasteiger partial charge < -0.3 is 9.84 Å². The smallest absolute Gasteiger partial charge is 0.322 e. The lowest BCUT2D eigenvalue weighted by molar-refractivity contribution is -0.137. The van der Waals surface area contributed by atoms with Gasteiger partial charge in [0, 0.05) is 13.1 Å². The zero-order valence-electron chi connectivity index (χ0n) is 9.47. The number of aliphatic hydroxyl groups is 1. The van der Waals surface area contributed by atoms with Crippen LogP contribution in [0.3, 0.4) is 0 Å². The van der Waals surface area contributed by atoms with E-state index in [2.05, 4.69) is 4.74 Å². The molecule has 0 bridgehead atoms. The molecule has 1 heterocycles. The summed E-state index contributed by atoms with van der Waals surface area (Å²) in [6.45, 7) is 2.06. The first kappa shape index (κ1) is 13.4. The van der Waals surface area contributed by atoms with Crippen LogP contribution < -0.4 is 0 Å². The van der Waals surface area contributed by atoms with Crippen LogP contribution in [0.5, 0.6) is 0 Å². The first-order valence-electron chi connectivity index (χ1n) is 5.10. The number of sulfonamides is 1. The van der Waals surface area contributed by atoms with E-state index < -0.39 is 27.3 Å². The molecule has 0 amide bonds. The van der Waals surface area contributed by atoms with Crippen molar-refractivity contribution in [2.45, 2.75) is 25.4 Å². The van der Waals surface area contributed by atoms with Crippen LogP contribution in [0.2, 0.25) is 0 Å². The number of β-amino-alcohol motifs (C(OH)–C–C–N with tert-alkyl or cyclic N) is 1. The molecule has 1 rings (SSSR count). The highest BCUT2D eigenvalue weighted by atomic mass is 32.2. The molecule has 0 aromatic carbocycles. The molecule has 7 heteroatoms. The van der Waals surface area contributed by atoms with Gasteiger partial charge >= 0.3 is 5.97 Å². The summed E-state index contributed by atoms with van der Waals surface area (Å²) in [5.74, 6) is -1.45. The lowest BCUT2D eigenvalue weighted by Gasteiger charge is -2.45. The summed E-state index contributed by atoms with van der Waals surface area (Å²) >= 11 is 0. The third-order valence-corrected chi connectivity index (χ3v) is 4.22. The van der Waals surface area contributed by atoms with Crippen LogP contribution in [0.25, 0.3) is 0 Å². The van der Waals surface area contributed by atoms with E-state index in [1.807, 2.05) is 6.92 Å². The number of hydrogen-bond acceptors (Lipinski definition) is 5. The van der Waals surface area contributed by atoms with Crippen molar-refractivity contribution in [3.05, 3.63) is 0 Å². The summed E-state index contributed by atoms with van der Waals surface area (Å²) in [6.07, 6.45) is 1.36. The van der Waals surface area contributed by atoms with Gasteiger partial charge in [-0.05, 0) is 6.42 Å². The van der Waals surface area contributed by atoms with E-state index in [-0.39, 0.29) is 13.1 Å². The van der Waals surface area contributed by atoms with E-state index in [1.54, 1.807) is 0 Å². The Hall–Kier alpha value is -0.660. The maximum atomic E-state index is 11.6. The quantitative estimate of drug-likeness (QED) is 0.655. The van der Waals surface area contributed by atoms with E-state index in [9.17, 15) is 18.3 Å². The summed E-state index contributed by atoms with van der Waals surface area (Å²) in [4.78, 5) is 10.9. The van der Waals surface area contributed by atoms with Crippen molar-refractivity contribution in [3.63, 3.8) is 0 Å². The molecule has 0 aromatic rings. The first-order valence-corrected chi connectivity index (χ1v) is 6.71. The minimum Gasteiger partial charge on any atom is -0.468 e. The molecule has 1 aliphatic rings. The fourth-order valence-corrected chi connectivity index (χ4v) is 3.20. The van der Waals surface area contributed by atoms with Crippen molar-refractivity contribution < 1.29 is 23.1 Å². The van der Waals surface area contributed by atoms with E-state index >= 15 is 0 Å². The van der Waals surface area contributed by atoms with E-state index in [0.29, 0.717) is 6.42 Å². The zero-order chi connectivity index (χ0) is 12.4. The molecule has 16 heavy (non-hydrogen) atoms. The van der Waals surface area contributed by atoms with Crippen LogP contribution in [0.1, 0.15) is 19.8 Å². The minimum absolute atomic E-state index is 0.0696. The number of hydrogen-bond donors (Lipinski definition) is 1. The monoisotopic (exact) mass is 251 g/mol. The largest absolute Gasteiger partial charge is 0.468 e. The zero-order valence-corrected chi connectivity index (χ0v) is 10.3. The van der Waals surface area contributed by atoms with E-state index in [0.717, 1.165) is 17.8 Å². The Morgan fingerprint density at radius 3 is 2.50 bits per heavy atom. The number of carbonyl (C=O) groups excluding carboxylic acids is 1. The van der Waals surface area contributed by atoms with Gasteiger partial charge in [0.05, 0.1) is 12.7 Å². The fraction of sp³-hybridized carbons (Fsp3) is 0.889. The second kappa shape index (κ2) is 4.68. The lowest BCUT2D eigenvalue weighted by Crippen LogP contribution is -2.63. The first-order chi connectivity index (χ1) is 7.33. The summed E-state index contributed by atoms with van der Waals surface area (Å²) in [5, 5.41) is 9.81. The van der Waals surface area contributed by atoms with Crippen molar-refractivity contribution >= 4 is 16.0 Å². The molecule has 94 valence electrons. The number of ether oxygens (including phenoxy) is 1. The van der Waals surface area contributed by atoms with Crippen molar-refractivity contribution in [1.82, 2.24) is 4.31 Å². The van der Waals surface area contributed by atoms with Gasteiger partial charge in [0.25, 0.3) is 0 Å². The molecule has 0 spiro atoms. The second-order valence-electron chi connectivity index (χ2n) is 4.07. The molecule has 0 atom stereocenters. The van der Waals surface area contributed by atoms with Crippen LogP contribution >= 0.6 is 0 Å². The van der Waals surface area contributed by atoms with Crippen molar-refractivity contribution in [2.24, 2.45) is 0 Å². The molecule has 0 radical (unpaired) electrons. The number of rotatable bonds is 5. The van der Waals surface area contributed by atoms with Crippen molar-refractivity contribution in [3.8, 4) is 0 Å². The number of nitrogens with zero attached hydrogens (tertiary/aromatic N) is 1. The minimum atomic E-state index is -3.63. The highest BCUT2D eigenvalue weighted by molar-refractivity contribution is 7.89. The summed E-state index contributed by atoms with van der Waals surface area (Å²) in [6, 6.07) is 0. The maximum absolute atomic E-state index is 11.6. The molecule has 1 saturated heterocycles. The Bertz CT molecular complexity index is 358. The van der Waals surface area contributed by atoms with Gasteiger partial charge in [-0.1, -0.05) is 13.3 Å². The van der Waals surface area contributed by atoms with Gasteiger partial charge in [0.1, 0.15) is 0 Å². The Kier molecular flexibility index (Phi) is 3.92. The van der Waals surface area contributed by atoms with Gasteiger partial charge in [-0.25, -0.2) is 8.42 Å². The molecule has 0 saturated carbocycles. The lowest BCUT2D eigenvalue weighted by atomic mass is 9.92. The molecular formula is C9H17NO5S. The Morgan fingerprint density at radius 1 is 1.50 bits per heavy atom. The van der Waals surface area contributed by atoms with Crippen LogP contribution in [-0.4, -0.2) is 55.4 Å². The average Bonchev–Trinajstić information content (AvgIpc) is 2.13. The highest BCUT2D eigenvalue weighted by Crippen LogP contribution is 2.28. The van der Waals surface area contributed by atoms with Crippen LogP contribution in [-0.2, 0) is 19.6 Å². The Labute approximate surface area is 95.2 Å². The number of esters is 1. The fourth-order valence-electron chi connectivity index (χ4n) is 1.73. The van der Waals surface area contributed by atoms with Crippen molar-refractivity contribution in [2.75, 3.05) is 26.0 Å². The van der Waals surface area contributed by atoms with Gasteiger partial charge in [0.15, 0.2) is 5.75 Å². The van der Waals surface area contributed by atoms with Crippen LogP contribution in [0.4, 0.5) is 0 Å². The molecule has 1 N–H and O–H groups in total.